The van der Waals surface area contributed by atoms with Gasteiger partial charge in [-0.1, -0.05) is 35.9 Å². The average molecular weight is 470 g/mol. The molecular weight excluding hydrogens is 438 g/mol. The molecule has 1 aliphatic heterocycles. The van der Waals surface area contributed by atoms with Gasteiger partial charge < -0.3 is 9.84 Å². The number of aliphatic hydroxyl groups excluding tert-OH is 1. The Morgan fingerprint density at radius 2 is 1.57 bits per heavy atom. The van der Waals surface area contributed by atoms with Crippen LogP contribution in [0.2, 0.25) is 0 Å². The van der Waals surface area contributed by atoms with Crippen molar-refractivity contribution < 1.29 is 19.4 Å². The highest BCUT2D eigenvalue weighted by Crippen LogP contribution is 2.43. The zero-order chi connectivity index (χ0) is 25.4. The van der Waals surface area contributed by atoms with Crippen LogP contribution in [0.1, 0.15) is 53.3 Å². The second-order valence-corrected chi connectivity index (χ2v) is 9.57. The molecule has 1 aliphatic rings. The zero-order valence-electron chi connectivity index (χ0n) is 21.0. The lowest BCUT2D eigenvalue weighted by Gasteiger charge is -2.26. The van der Waals surface area contributed by atoms with Crippen LogP contribution in [-0.2, 0) is 9.59 Å². The zero-order valence-corrected chi connectivity index (χ0v) is 21.0. The van der Waals surface area contributed by atoms with Crippen LogP contribution >= 0.6 is 0 Å². The maximum atomic E-state index is 13.5. The number of benzene rings is 3. The third kappa shape index (κ3) is 4.72. The molecule has 1 amide bonds. The first kappa shape index (κ1) is 24.3. The number of carbonyl (C=O) groups is 2. The summed E-state index contributed by atoms with van der Waals surface area (Å²) < 4.78 is 5.90. The van der Waals surface area contributed by atoms with Crippen molar-refractivity contribution in [1.82, 2.24) is 0 Å². The van der Waals surface area contributed by atoms with E-state index in [1.165, 1.54) is 4.90 Å². The van der Waals surface area contributed by atoms with Gasteiger partial charge in [0.15, 0.2) is 0 Å². The van der Waals surface area contributed by atoms with E-state index in [2.05, 4.69) is 0 Å². The molecule has 1 N–H and O–H groups in total. The summed E-state index contributed by atoms with van der Waals surface area (Å²) in [6, 6.07) is 18.1. The van der Waals surface area contributed by atoms with Crippen molar-refractivity contribution in [2.24, 2.45) is 0 Å². The van der Waals surface area contributed by atoms with Gasteiger partial charge in [0.05, 0.1) is 17.7 Å². The van der Waals surface area contributed by atoms with Crippen molar-refractivity contribution in [2.75, 3.05) is 4.90 Å². The van der Waals surface area contributed by atoms with Gasteiger partial charge in [-0.3, -0.25) is 14.5 Å². The van der Waals surface area contributed by atoms with Gasteiger partial charge in [0.2, 0.25) is 0 Å². The number of Topliss-reactive ketones (excluding diaryl/α,β-unsaturated/α-hetero) is 1. The highest BCUT2D eigenvalue weighted by Gasteiger charge is 2.47. The molecule has 0 bridgehead atoms. The van der Waals surface area contributed by atoms with E-state index < -0.39 is 17.7 Å². The van der Waals surface area contributed by atoms with E-state index in [0.29, 0.717) is 22.6 Å². The number of hydrogen-bond acceptors (Lipinski definition) is 4. The summed E-state index contributed by atoms with van der Waals surface area (Å²) in [7, 11) is 0. The Kier molecular flexibility index (Phi) is 6.53. The standard InChI is InChI=1S/C30H31NO4/c1-17(2)35-24-9-7-8-22(16-24)27-26(28(32)25-15-18(3)10-11-21(25)6)29(33)30(34)31(27)23-13-19(4)12-20(5)14-23/h7-17,27,32H,1-6H3/b28-26+. The number of ether oxygens (including phenoxy) is 1. The largest absolute Gasteiger partial charge is 0.507 e. The Morgan fingerprint density at radius 3 is 2.23 bits per heavy atom. The second kappa shape index (κ2) is 9.41. The number of aliphatic hydroxyl groups is 1. The number of hydrogen-bond donors (Lipinski definition) is 1. The van der Waals surface area contributed by atoms with Crippen LogP contribution in [-0.4, -0.2) is 22.9 Å². The maximum Gasteiger partial charge on any atom is 0.300 e. The van der Waals surface area contributed by atoms with Gasteiger partial charge in [0.25, 0.3) is 11.7 Å². The third-order valence-electron chi connectivity index (χ3n) is 6.12. The lowest BCUT2D eigenvalue weighted by Crippen LogP contribution is -2.29. The van der Waals surface area contributed by atoms with Gasteiger partial charge in [-0.2, -0.15) is 0 Å². The fourth-order valence-corrected chi connectivity index (χ4v) is 4.67. The molecule has 1 atom stereocenters. The lowest BCUT2D eigenvalue weighted by atomic mass is 9.93. The molecule has 3 aromatic rings. The fourth-order valence-electron chi connectivity index (χ4n) is 4.67. The monoisotopic (exact) mass is 469 g/mol. The van der Waals surface area contributed by atoms with Gasteiger partial charge in [0, 0.05) is 11.3 Å². The van der Waals surface area contributed by atoms with E-state index in [1.807, 2.05) is 102 Å². The molecule has 0 aromatic heterocycles. The lowest BCUT2D eigenvalue weighted by molar-refractivity contribution is -0.132. The van der Waals surface area contributed by atoms with Crippen LogP contribution in [0.25, 0.3) is 5.76 Å². The van der Waals surface area contributed by atoms with E-state index in [9.17, 15) is 14.7 Å². The Balaban J connectivity index is 1.99. The minimum atomic E-state index is -0.799. The predicted octanol–water partition coefficient (Wildman–Crippen LogP) is 6.33. The predicted molar refractivity (Wildman–Crippen MR) is 139 cm³/mol. The SMILES string of the molecule is Cc1cc(C)cc(N2C(=O)C(=O)/C(=C(/O)c3cc(C)ccc3C)C2c2cccc(OC(C)C)c2)c1. The summed E-state index contributed by atoms with van der Waals surface area (Å²) in [5, 5.41) is 11.5. The summed E-state index contributed by atoms with van der Waals surface area (Å²) in [5.41, 5.74) is 5.65. The normalized spacial score (nSPS) is 17.3. The quantitative estimate of drug-likeness (QED) is 0.269. The van der Waals surface area contributed by atoms with Crippen LogP contribution in [0, 0.1) is 27.7 Å². The molecule has 35 heavy (non-hydrogen) atoms. The molecule has 180 valence electrons. The van der Waals surface area contributed by atoms with Crippen molar-refractivity contribution in [2.45, 2.75) is 53.7 Å². The van der Waals surface area contributed by atoms with Crippen molar-refractivity contribution in [3.05, 3.63) is 99.6 Å². The van der Waals surface area contributed by atoms with Gasteiger partial charge in [-0.05, 0) is 94.1 Å². The molecule has 1 saturated heterocycles. The number of amides is 1. The minimum Gasteiger partial charge on any atom is -0.507 e. The molecule has 1 heterocycles. The number of rotatable bonds is 5. The van der Waals surface area contributed by atoms with E-state index in [0.717, 1.165) is 22.3 Å². The summed E-state index contributed by atoms with van der Waals surface area (Å²) in [5.74, 6) is -0.906. The first-order valence-corrected chi connectivity index (χ1v) is 11.8. The van der Waals surface area contributed by atoms with Gasteiger partial charge in [-0.25, -0.2) is 0 Å². The second-order valence-electron chi connectivity index (χ2n) is 9.57. The maximum absolute atomic E-state index is 13.5. The first-order chi connectivity index (χ1) is 16.6. The molecule has 0 spiro atoms. The van der Waals surface area contributed by atoms with E-state index in [4.69, 9.17) is 4.74 Å². The molecule has 5 nitrogen and oxygen atoms in total. The van der Waals surface area contributed by atoms with Crippen molar-refractivity contribution >= 4 is 23.1 Å². The summed E-state index contributed by atoms with van der Waals surface area (Å²) in [6.45, 7) is 11.6. The van der Waals surface area contributed by atoms with E-state index in [1.54, 1.807) is 0 Å². The van der Waals surface area contributed by atoms with Crippen molar-refractivity contribution in [1.29, 1.82) is 0 Å². The van der Waals surface area contributed by atoms with Gasteiger partial charge >= 0.3 is 0 Å². The van der Waals surface area contributed by atoms with Crippen LogP contribution in [0.4, 0.5) is 5.69 Å². The molecule has 4 rings (SSSR count). The van der Waals surface area contributed by atoms with Crippen molar-refractivity contribution in [3.63, 3.8) is 0 Å². The number of aryl methyl sites for hydroxylation is 4. The van der Waals surface area contributed by atoms with E-state index in [-0.39, 0.29) is 17.4 Å². The van der Waals surface area contributed by atoms with Crippen LogP contribution in [0.5, 0.6) is 5.75 Å². The molecule has 1 fully saturated rings. The summed E-state index contributed by atoms with van der Waals surface area (Å²) >= 11 is 0. The Hall–Kier alpha value is -3.86. The Morgan fingerprint density at radius 1 is 0.886 bits per heavy atom. The van der Waals surface area contributed by atoms with Crippen LogP contribution in [0.3, 0.4) is 0 Å². The Bertz CT molecular complexity index is 1330. The van der Waals surface area contributed by atoms with Crippen LogP contribution in [0.15, 0.2) is 66.2 Å². The minimum absolute atomic E-state index is 0.0361. The number of anilines is 1. The summed E-state index contributed by atoms with van der Waals surface area (Å²) in [6.07, 6.45) is -0.0361. The number of nitrogens with zero attached hydrogens (tertiary/aromatic N) is 1. The average Bonchev–Trinajstić information content (AvgIpc) is 3.05. The van der Waals surface area contributed by atoms with E-state index >= 15 is 0 Å². The topological polar surface area (TPSA) is 66.8 Å². The van der Waals surface area contributed by atoms with Gasteiger partial charge in [-0.15, -0.1) is 0 Å². The molecule has 0 aliphatic carbocycles. The number of ketones is 1. The third-order valence-corrected chi connectivity index (χ3v) is 6.12. The molecule has 0 radical (unpaired) electrons. The number of carbonyl (C=O) groups excluding carboxylic acids is 2. The fraction of sp³-hybridized carbons (Fsp3) is 0.267. The summed E-state index contributed by atoms with van der Waals surface area (Å²) in [4.78, 5) is 28.4. The van der Waals surface area contributed by atoms with Crippen molar-refractivity contribution in [3.8, 4) is 5.75 Å². The smallest absolute Gasteiger partial charge is 0.300 e. The molecule has 1 unspecified atom stereocenters. The highest BCUT2D eigenvalue weighted by atomic mass is 16.5. The first-order valence-electron chi connectivity index (χ1n) is 11.8. The highest BCUT2D eigenvalue weighted by molar-refractivity contribution is 6.51. The van der Waals surface area contributed by atoms with Crippen LogP contribution < -0.4 is 9.64 Å². The molecule has 0 saturated carbocycles. The Labute approximate surface area is 206 Å². The van der Waals surface area contributed by atoms with Gasteiger partial charge in [0.1, 0.15) is 11.5 Å². The molecular formula is C30H31NO4. The molecule has 5 heteroatoms. The molecule has 3 aromatic carbocycles.